The van der Waals surface area contributed by atoms with Crippen LogP contribution >= 0.6 is 0 Å². The molecule has 7 heteroatoms. The van der Waals surface area contributed by atoms with Gasteiger partial charge < -0.3 is 25.8 Å². The molecule has 0 aliphatic carbocycles. The van der Waals surface area contributed by atoms with E-state index in [9.17, 15) is 14.7 Å². The van der Waals surface area contributed by atoms with Gasteiger partial charge in [-0.2, -0.15) is 0 Å². The molecule has 1 aliphatic rings. The van der Waals surface area contributed by atoms with E-state index in [1.54, 1.807) is 4.90 Å². The van der Waals surface area contributed by atoms with Gasteiger partial charge in [-0.1, -0.05) is 56.3 Å². The molecule has 2 amide bonds. The number of carbonyl (C=O) groups excluding carboxylic acids is 2. The summed E-state index contributed by atoms with van der Waals surface area (Å²) in [5.41, 5.74) is 8.11. The van der Waals surface area contributed by atoms with Crippen LogP contribution in [-0.4, -0.2) is 53.6 Å². The molecular formula is C28H39N3O4. The molecule has 0 saturated carbocycles. The Kier molecular flexibility index (Phi) is 10.1. The molecule has 4 N–H and O–H groups in total. The van der Waals surface area contributed by atoms with E-state index < -0.39 is 12.1 Å². The van der Waals surface area contributed by atoms with Crippen molar-refractivity contribution in [2.24, 2.45) is 17.6 Å². The maximum atomic E-state index is 13.4. The van der Waals surface area contributed by atoms with Gasteiger partial charge in [-0.05, 0) is 54.4 Å². The molecule has 7 nitrogen and oxygen atoms in total. The van der Waals surface area contributed by atoms with Crippen molar-refractivity contribution in [3.05, 3.63) is 65.7 Å². The molecule has 1 aliphatic heterocycles. The average molecular weight is 482 g/mol. The number of benzene rings is 2. The van der Waals surface area contributed by atoms with Crippen LogP contribution in [0.1, 0.15) is 44.2 Å². The van der Waals surface area contributed by atoms with Crippen LogP contribution in [0.25, 0.3) is 0 Å². The van der Waals surface area contributed by atoms with Crippen molar-refractivity contribution < 1.29 is 19.4 Å². The second-order valence-electron chi connectivity index (χ2n) is 9.89. The van der Waals surface area contributed by atoms with Gasteiger partial charge in [0.1, 0.15) is 18.4 Å². The lowest BCUT2D eigenvalue weighted by Crippen LogP contribution is -2.55. The number of nitrogens with zero attached hydrogens (tertiary/aromatic N) is 1. The van der Waals surface area contributed by atoms with E-state index in [4.69, 9.17) is 10.5 Å². The highest BCUT2D eigenvalue weighted by Crippen LogP contribution is 2.19. The fourth-order valence-corrected chi connectivity index (χ4v) is 4.43. The minimum atomic E-state index is -0.714. The van der Waals surface area contributed by atoms with E-state index in [1.165, 1.54) is 0 Å². The normalized spacial score (nSPS) is 17.6. The number of ether oxygens (including phenoxy) is 1. The number of hydrogen-bond donors (Lipinski definition) is 3. The van der Waals surface area contributed by atoms with Gasteiger partial charge in [-0.25, -0.2) is 0 Å². The Balaban J connectivity index is 1.68. The Morgan fingerprint density at radius 3 is 2.49 bits per heavy atom. The number of aliphatic hydroxyl groups is 1. The van der Waals surface area contributed by atoms with Crippen molar-refractivity contribution in [3.63, 3.8) is 0 Å². The van der Waals surface area contributed by atoms with Crippen LogP contribution in [0.4, 0.5) is 0 Å². The van der Waals surface area contributed by atoms with E-state index in [-0.39, 0.29) is 30.3 Å². The first-order valence-electron chi connectivity index (χ1n) is 12.6. The summed E-state index contributed by atoms with van der Waals surface area (Å²) in [7, 11) is 0. The molecule has 35 heavy (non-hydrogen) atoms. The van der Waals surface area contributed by atoms with Crippen molar-refractivity contribution in [2.45, 2.75) is 58.2 Å². The molecule has 1 saturated heterocycles. The third-order valence-corrected chi connectivity index (χ3v) is 6.38. The Bertz CT molecular complexity index is 933. The van der Waals surface area contributed by atoms with Gasteiger partial charge in [0.05, 0.1) is 6.04 Å². The maximum Gasteiger partial charge on any atom is 0.245 e. The van der Waals surface area contributed by atoms with Gasteiger partial charge >= 0.3 is 0 Å². The molecule has 0 bridgehead atoms. The highest BCUT2D eigenvalue weighted by molar-refractivity contribution is 5.90. The summed E-state index contributed by atoms with van der Waals surface area (Å²) in [6.45, 7) is 5.70. The van der Waals surface area contributed by atoms with Crippen LogP contribution in [0.3, 0.4) is 0 Å². The zero-order valence-corrected chi connectivity index (χ0v) is 20.9. The van der Waals surface area contributed by atoms with Gasteiger partial charge in [0.25, 0.3) is 0 Å². The van der Waals surface area contributed by atoms with Crippen LogP contribution in [-0.2, 0) is 22.6 Å². The summed E-state index contributed by atoms with van der Waals surface area (Å²) in [5, 5.41) is 12.5. The molecule has 0 aromatic heterocycles. The first-order valence-corrected chi connectivity index (χ1v) is 12.6. The number of hydrogen-bond acceptors (Lipinski definition) is 5. The summed E-state index contributed by atoms with van der Waals surface area (Å²) in [5.74, 6) is 0.660. The molecule has 0 spiro atoms. The van der Waals surface area contributed by atoms with Crippen LogP contribution in [0.2, 0.25) is 0 Å². The van der Waals surface area contributed by atoms with Crippen molar-refractivity contribution in [1.82, 2.24) is 10.2 Å². The number of rotatable bonds is 11. The molecular weight excluding hydrogens is 442 g/mol. The number of nitrogens with one attached hydrogen (secondary N) is 1. The van der Waals surface area contributed by atoms with Crippen molar-refractivity contribution in [1.29, 1.82) is 0 Å². The van der Waals surface area contributed by atoms with E-state index in [0.29, 0.717) is 32.5 Å². The van der Waals surface area contributed by atoms with Crippen LogP contribution in [0, 0.1) is 11.8 Å². The number of amides is 2. The largest absolute Gasteiger partial charge is 0.489 e. The SMILES string of the molecule is CC(C)CC(N)C(=O)NC(Cc1ccc(OCc2ccccc2)cc1)C(=O)N1CCCC(CO)C1. The van der Waals surface area contributed by atoms with Crippen LogP contribution in [0.5, 0.6) is 5.75 Å². The molecule has 2 aromatic carbocycles. The predicted molar refractivity (Wildman–Crippen MR) is 137 cm³/mol. The summed E-state index contributed by atoms with van der Waals surface area (Å²) in [6, 6.07) is 16.2. The quantitative estimate of drug-likeness (QED) is 0.458. The van der Waals surface area contributed by atoms with E-state index in [0.717, 1.165) is 29.7 Å². The molecule has 190 valence electrons. The highest BCUT2D eigenvalue weighted by atomic mass is 16.5. The standard InChI is InChI=1S/C28H39N3O4/c1-20(2)15-25(29)27(33)30-26(28(34)31-14-6-9-23(17-31)18-32)16-21-10-12-24(13-11-21)35-19-22-7-4-3-5-8-22/h3-5,7-8,10-13,20,23,25-26,32H,6,9,14-19,29H2,1-2H3,(H,30,33). The zero-order chi connectivity index (χ0) is 25.2. The first kappa shape index (κ1) is 26.7. The molecule has 0 radical (unpaired) electrons. The number of carbonyl (C=O) groups is 2. The molecule has 2 aromatic rings. The lowest BCUT2D eigenvalue weighted by atomic mass is 9.97. The Morgan fingerprint density at radius 2 is 1.83 bits per heavy atom. The van der Waals surface area contributed by atoms with Crippen molar-refractivity contribution >= 4 is 11.8 Å². The lowest BCUT2D eigenvalue weighted by Gasteiger charge is -2.34. The van der Waals surface area contributed by atoms with E-state index in [1.807, 2.05) is 68.4 Å². The van der Waals surface area contributed by atoms with Crippen molar-refractivity contribution in [2.75, 3.05) is 19.7 Å². The van der Waals surface area contributed by atoms with Crippen LogP contribution in [0.15, 0.2) is 54.6 Å². The fraction of sp³-hybridized carbons (Fsp3) is 0.500. The number of piperidine rings is 1. The monoisotopic (exact) mass is 481 g/mol. The zero-order valence-electron chi connectivity index (χ0n) is 20.9. The van der Waals surface area contributed by atoms with Crippen molar-refractivity contribution in [3.8, 4) is 5.75 Å². The third kappa shape index (κ3) is 8.37. The van der Waals surface area contributed by atoms with Gasteiger partial charge in [0.2, 0.25) is 11.8 Å². The minimum Gasteiger partial charge on any atom is -0.489 e. The molecule has 3 unspecified atom stereocenters. The van der Waals surface area contributed by atoms with Crippen LogP contribution < -0.4 is 15.8 Å². The third-order valence-electron chi connectivity index (χ3n) is 6.38. The Morgan fingerprint density at radius 1 is 1.11 bits per heavy atom. The summed E-state index contributed by atoms with van der Waals surface area (Å²) < 4.78 is 5.87. The Hall–Kier alpha value is -2.90. The van der Waals surface area contributed by atoms with E-state index >= 15 is 0 Å². The van der Waals surface area contributed by atoms with Gasteiger partial charge in [-0.3, -0.25) is 9.59 Å². The second-order valence-corrected chi connectivity index (χ2v) is 9.89. The summed E-state index contributed by atoms with van der Waals surface area (Å²) >= 11 is 0. The smallest absolute Gasteiger partial charge is 0.245 e. The first-order chi connectivity index (χ1) is 16.9. The number of aliphatic hydroxyl groups excluding tert-OH is 1. The molecule has 3 atom stereocenters. The average Bonchev–Trinajstić information content (AvgIpc) is 2.87. The minimum absolute atomic E-state index is 0.0600. The Labute approximate surface area is 208 Å². The van der Waals surface area contributed by atoms with Gasteiger partial charge in [0.15, 0.2) is 0 Å². The molecule has 3 rings (SSSR count). The lowest BCUT2D eigenvalue weighted by molar-refractivity contribution is -0.138. The molecule has 1 fully saturated rings. The molecule has 1 heterocycles. The maximum absolute atomic E-state index is 13.4. The highest BCUT2D eigenvalue weighted by Gasteiger charge is 2.31. The van der Waals surface area contributed by atoms with Gasteiger partial charge in [-0.15, -0.1) is 0 Å². The van der Waals surface area contributed by atoms with E-state index in [2.05, 4.69) is 5.32 Å². The summed E-state index contributed by atoms with van der Waals surface area (Å²) in [4.78, 5) is 28.0. The second kappa shape index (κ2) is 13.3. The van der Waals surface area contributed by atoms with Gasteiger partial charge in [0, 0.05) is 26.1 Å². The number of nitrogens with two attached hydrogens (primary N) is 1. The number of likely N-dealkylation sites (tertiary alicyclic amines) is 1. The predicted octanol–water partition coefficient (Wildman–Crippen LogP) is 2.90. The fourth-order valence-electron chi connectivity index (χ4n) is 4.43. The summed E-state index contributed by atoms with van der Waals surface area (Å²) in [6.07, 6.45) is 2.66. The topological polar surface area (TPSA) is 105 Å².